The Morgan fingerprint density at radius 3 is 2.64 bits per heavy atom. The van der Waals surface area contributed by atoms with Crippen LogP contribution in [0.4, 0.5) is 0 Å². The number of carbonyl (C=O) groups excluding carboxylic acids is 1. The van der Waals surface area contributed by atoms with Gasteiger partial charge in [-0.1, -0.05) is 11.6 Å². The highest BCUT2D eigenvalue weighted by Gasteiger charge is 2.20. The summed E-state index contributed by atoms with van der Waals surface area (Å²) < 4.78 is 6.81. The zero-order chi connectivity index (χ0) is 18.1. The molecule has 0 aliphatic rings. The van der Waals surface area contributed by atoms with Crippen molar-refractivity contribution in [1.82, 2.24) is 9.88 Å². The van der Waals surface area contributed by atoms with Gasteiger partial charge in [0.25, 0.3) is 5.56 Å². The molecule has 1 aromatic carbocycles. The number of benzene rings is 1. The van der Waals surface area contributed by atoms with Crippen molar-refractivity contribution in [3.63, 3.8) is 0 Å². The highest BCUT2D eigenvalue weighted by Crippen LogP contribution is 2.24. The topological polar surface area (TPSA) is 64.2 Å². The molecule has 5 nitrogen and oxygen atoms in total. The van der Waals surface area contributed by atoms with E-state index < -0.39 is 6.04 Å². The highest BCUT2D eigenvalue weighted by atomic mass is 16.3. The number of aryl methyl sites for hydroxylation is 3. The average molecular weight is 338 g/mol. The van der Waals surface area contributed by atoms with E-state index >= 15 is 0 Å². The van der Waals surface area contributed by atoms with Crippen molar-refractivity contribution < 1.29 is 9.21 Å². The zero-order valence-corrected chi connectivity index (χ0v) is 14.9. The van der Waals surface area contributed by atoms with Crippen molar-refractivity contribution in [2.24, 2.45) is 0 Å². The first kappa shape index (κ1) is 17.0. The van der Waals surface area contributed by atoms with Crippen LogP contribution in [0.5, 0.6) is 0 Å². The van der Waals surface area contributed by atoms with Crippen molar-refractivity contribution in [3.05, 3.63) is 69.4 Å². The maximum Gasteiger partial charge on any atom is 0.252 e. The monoisotopic (exact) mass is 338 g/mol. The Labute approximate surface area is 146 Å². The molecule has 2 heterocycles. The fraction of sp³-hybridized carbons (Fsp3) is 0.300. The minimum absolute atomic E-state index is 0.169. The molecule has 0 saturated carbocycles. The van der Waals surface area contributed by atoms with Crippen LogP contribution in [-0.4, -0.2) is 10.5 Å². The third-order valence-corrected chi connectivity index (χ3v) is 4.47. The summed E-state index contributed by atoms with van der Waals surface area (Å²) in [6.45, 7) is 7.97. The lowest BCUT2D eigenvalue weighted by Crippen LogP contribution is -2.35. The molecule has 2 aromatic heterocycles. The van der Waals surface area contributed by atoms with Crippen molar-refractivity contribution in [2.75, 3.05) is 0 Å². The molecular weight excluding hydrogens is 316 g/mol. The molecule has 25 heavy (non-hydrogen) atoms. The molecule has 130 valence electrons. The zero-order valence-electron chi connectivity index (χ0n) is 14.9. The van der Waals surface area contributed by atoms with E-state index in [1.807, 2.05) is 26.8 Å². The molecule has 0 aliphatic heterocycles. The number of amides is 1. The Balaban J connectivity index is 2.02. The van der Waals surface area contributed by atoms with Crippen LogP contribution in [0.25, 0.3) is 10.9 Å². The minimum Gasteiger partial charge on any atom is -0.467 e. The number of fused-ring (bicyclic) bond motifs is 1. The molecule has 1 unspecified atom stereocenters. The van der Waals surface area contributed by atoms with Gasteiger partial charge < -0.3 is 9.73 Å². The van der Waals surface area contributed by atoms with Crippen LogP contribution in [0.1, 0.15) is 35.4 Å². The first-order valence-corrected chi connectivity index (χ1v) is 8.31. The molecular formula is C20H22N2O3. The normalized spacial score (nSPS) is 12.3. The summed E-state index contributed by atoms with van der Waals surface area (Å²) in [6.07, 6.45) is 1.56. The Hall–Kier alpha value is -2.82. The summed E-state index contributed by atoms with van der Waals surface area (Å²) in [5, 5.41) is 3.83. The van der Waals surface area contributed by atoms with E-state index in [2.05, 4.69) is 11.4 Å². The number of hydrogen-bond donors (Lipinski definition) is 1. The summed E-state index contributed by atoms with van der Waals surface area (Å²) in [5.74, 6) is 0.456. The van der Waals surface area contributed by atoms with Gasteiger partial charge in [-0.15, -0.1) is 0 Å². The summed E-state index contributed by atoms with van der Waals surface area (Å²) in [6, 6.07) is 8.64. The fourth-order valence-electron chi connectivity index (χ4n) is 3.26. The van der Waals surface area contributed by atoms with E-state index in [-0.39, 0.29) is 11.5 Å². The first-order chi connectivity index (χ1) is 11.9. The lowest BCUT2D eigenvalue weighted by molar-refractivity contribution is -0.124. The molecule has 0 spiro atoms. The lowest BCUT2D eigenvalue weighted by atomic mass is 10.0. The summed E-state index contributed by atoms with van der Waals surface area (Å²) in [7, 11) is 0. The fourth-order valence-corrected chi connectivity index (χ4v) is 3.26. The van der Waals surface area contributed by atoms with E-state index in [4.69, 9.17) is 4.42 Å². The molecule has 0 radical (unpaired) electrons. The van der Waals surface area contributed by atoms with Crippen LogP contribution < -0.4 is 10.9 Å². The third-order valence-electron chi connectivity index (χ3n) is 4.47. The summed E-state index contributed by atoms with van der Waals surface area (Å²) in [4.78, 5) is 25.2. The van der Waals surface area contributed by atoms with E-state index in [1.165, 1.54) is 0 Å². The second-order valence-electron chi connectivity index (χ2n) is 6.49. The van der Waals surface area contributed by atoms with Gasteiger partial charge in [0.2, 0.25) is 5.91 Å². The Morgan fingerprint density at radius 2 is 1.96 bits per heavy atom. The van der Waals surface area contributed by atoms with E-state index in [9.17, 15) is 9.59 Å². The number of aromatic nitrogens is 1. The first-order valence-electron chi connectivity index (χ1n) is 8.31. The van der Waals surface area contributed by atoms with Crippen LogP contribution >= 0.6 is 0 Å². The van der Waals surface area contributed by atoms with Gasteiger partial charge in [-0.05, 0) is 57.0 Å². The highest BCUT2D eigenvalue weighted by molar-refractivity contribution is 5.88. The van der Waals surface area contributed by atoms with Crippen molar-refractivity contribution in [2.45, 2.75) is 40.3 Å². The van der Waals surface area contributed by atoms with Crippen LogP contribution in [0, 0.1) is 20.8 Å². The van der Waals surface area contributed by atoms with E-state index in [0.717, 1.165) is 27.6 Å². The molecule has 1 amide bonds. The van der Waals surface area contributed by atoms with E-state index in [1.54, 1.807) is 36.0 Å². The summed E-state index contributed by atoms with van der Waals surface area (Å²) >= 11 is 0. The largest absolute Gasteiger partial charge is 0.467 e. The molecule has 5 heteroatoms. The predicted octanol–water partition coefficient (Wildman–Crippen LogP) is 3.40. The number of pyridine rings is 1. The Bertz CT molecular complexity index is 984. The van der Waals surface area contributed by atoms with Gasteiger partial charge in [0.15, 0.2) is 0 Å². The SMILES string of the molecule is Cc1cc(C)c2c(c1)c(C)cc(=O)n2C(C)C(=O)NCc1ccco1. The summed E-state index contributed by atoms with van der Waals surface area (Å²) in [5.41, 5.74) is 3.69. The predicted molar refractivity (Wildman–Crippen MR) is 97.7 cm³/mol. The number of carbonyl (C=O) groups is 1. The molecule has 0 saturated heterocycles. The average Bonchev–Trinajstić information content (AvgIpc) is 3.06. The standard InChI is InChI=1S/C20H22N2O3/c1-12-8-14(3)19-17(9-12)13(2)10-18(23)22(19)15(4)20(24)21-11-16-6-5-7-25-16/h5-10,15H,11H2,1-4H3,(H,21,24). The van der Waals surface area contributed by atoms with Crippen molar-refractivity contribution in [1.29, 1.82) is 0 Å². The molecule has 1 atom stereocenters. The Kier molecular flexibility index (Phi) is 4.49. The van der Waals surface area contributed by atoms with Crippen LogP contribution in [0.15, 0.2) is 45.8 Å². The van der Waals surface area contributed by atoms with Crippen molar-refractivity contribution >= 4 is 16.8 Å². The maximum atomic E-state index is 12.6. The lowest BCUT2D eigenvalue weighted by Gasteiger charge is -2.20. The third kappa shape index (κ3) is 3.22. The van der Waals surface area contributed by atoms with Gasteiger partial charge in [-0.25, -0.2) is 0 Å². The van der Waals surface area contributed by atoms with Crippen molar-refractivity contribution in [3.8, 4) is 0 Å². The number of furan rings is 1. The van der Waals surface area contributed by atoms with Gasteiger partial charge in [0.05, 0.1) is 18.3 Å². The van der Waals surface area contributed by atoms with Gasteiger partial charge in [-0.2, -0.15) is 0 Å². The van der Waals surface area contributed by atoms with Crippen LogP contribution in [0.3, 0.4) is 0 Å². The van der Waals surface area contributed by atoms with E-state index in [0.29, 0.717) is 12.3 Å². The molecule has 0 fully saturated rings. The van der Waals surface area contributed by atoms with Gasteiger partial charge in [0.1, 0.15) is 11.8 Å². The second-order valence-corrected chi connectivity index (χ2v) is 6.49. The van der Waals surface area contributed by atoms with Crippen LogP contribution in [-0.2, 0) is 11.3 Å². The number of nitrogens with zero attached hydrogens (tertiary/aromatic N) is 1. The minimum atomic E-state index is -0.619. The van der Waals surface area contributed by atoms with Gasteiger partial charge in [-0.3, -0.25) is 14.2 Å². The molecule has 3 rings (SSSR count). The molecule has 1 N–H and O–H groups in total. The number of hydrogen-bond acceptors (Lipinski definition) is 3. The Morgan fingerprint density at radius 1 is 1.20 bits per heavy atom. The maximum absolute atomic E-state index is 12.6. The smallest absolute Gasteiger partial charge is 0.252 e. The number of rotatable bonds is 4. The molecule has 0 aliphatic carbocycles. The van der Waals surface area contributed by atoms with Gasteiger partial charge >= 0.3 is 0 Å². The second kappa shape index (κ2) is 6.59. The quantitative estimate of drug-likeness (QED) is 0.793. The number of nitrogens with one attached hydrogen (secondary N) is 1. The molecule has 3 aromatic rings. The van der Waals surface area contributed by atoms with Gasteiger partial charge in [0, 0.05) is 11.5 Å². The van der Waals surface area contributed by atoms with Crippen LogP contribution in [0.2, 0.25) is 0 Å². The molecule has 0 bridgehead atoms.